The smallest absolute Gasteiger partial charge is 0.294 e. The maximum absolute atomic E-state index is 10.5. The average Bonchev–Trinajstić information content (AvgIpc) is 2.62. The average molecular weight is 390 g/mol. The Balaban J connectivity index is 0.000000289. The number of aryl methyl sites for hydroxylation is 1. The fourth-order valence-corrected chi connectivity index (χ4v) is 2.47. The van der Waals surface area contributed by atoms with Crippen molar-refractivity contribution >= 4 is 16.1 Å². The SMILES string of the molecule is CN(C)CCCN=C=NCc1ccccc1.Cc1ccc(S(=O)(=O)O)cc1. The van der Waals surface area contributed by atoms with Gasteiger partial charge in [-0.2, -0.15) is 8.42 Å². The standard InChI is InChI=1S/C13H19N3.C7H8O3S/c1-16(2)10-6-9-14-12-15-11-13-7-4-3-5-8-13;1-6-2-4-7(5-3-6)11(8,9)10/h3-5,7-8H,6,9-11H2,1-2H3;2-5H,1H3,(H,8,9,10). The Morgan fingerprint density at radius 1 is 1.00 bits per heavy atom. The van der Waals surface area contributed by atoms with Crippen LogP contribution >= 0.6 is 0 Å². The molecule has 7 heteroatoms. The van der Waals surface area contributed by atoms with E-state index in [4.69, 9.17) is 4.55 Å². The van der Waals surface area contributed by atoms with Gasteiger partial charge in [-0.1, -0.05) is 48.0 Å². The first-order chi connectivity index (χ1) is 12.8. The van der Waals surface area contributed by atoms with Crippen LogP contribution in [0.5, 0.6) is 0 Å². The molecule has 0 spiro atoms. The summed E-state index contributed by atoms with van der Waals surface area (Å²) in [5.41, 5.74) is 2.15. The van der Waals surface area contributed by atoms with Gasteiger partial charge in [-0.15, -0.1) is 0 Å². The van der Waals surface area contributed by atoms with Crippen LogP contribution in [0.4, 0.5) is 0 Å². The van der Waals surface area contributed by atoms with Crippen LogP contribution in [0.15, 0.2) is 69.5 Å². The van der Waals surface area contributed by atoms with Gasteiger partial charge in [0.2, 0.25) is 0 Å². The highest BCUT2D eigenvalue weighted by Crippen LogP contribution is 2.08. The van der Waals surface area contributed by atoms with Gasteiger partial charge in [0, 0.05) is 0 Å². The summed E-state index contributed by atoms with van der Waals surface area (Å²) >= 11 is 0. The van der Waals surface area contributed by atoms with E-state index in [1.54, 1.807) is 12.1 Å². The zero-order valence-electron chi connectivity index (χ0n) is 16.0. The van der Waals surface area contributed by atoms with Gasteiger partial charge in [-0.25, -0.2) is 9.98 Å². The summed E-state index contributed by atoms with van der Waals surface area (Å²) in [5.74, 6) is 0. The molecular formula is C20H27N3O3S. The van der Waals surface area contributed by atoms with E-state index >= 15 is 0 Å². The van der Waals surface area contributed by atoms with Crippen molar-refractivity contribution in [3.63, 3.8) is 0 Å². The van der Waals surface area contributed by atoms with Crippen molar-refractivity contribution < 1.29 is 13.0 Å². The molecular weight excluding hydrogens is 362 g/mol. The molecule has 1 N–H and O–H groups in total. The molecule has 6 nitrogen and oxygen atoms in total. The van der Waals surface area contributed by atoms with Crippen molar-refractivity contribution in [2.75, 3.05) is 27.2 Å². The van der Waals surface area contributed by atoms with E-state index in [1.165, 1.54) is 17.7 Å². The van der Waals surface area contributed by atoms with Crippen LogP contribution in [0.1, 0.15) is 17.5 Å². The molecule has 2 aromatic rings. The van der Waals surface area contributed by atoms with E-state index in [-0.39, 0.29) is 4.90 Å². The molecule has 0 radical (unpaired) electrons. The maximum Gasteiger partial charge on any atom is 0.294 e. The quantitative estimate of drug-likeness (QED) is 0.446. The first-order valence-electron chi connectivity index (χ1n) is 8.60. The molecule has 146 valence electrons. The van der Waals surface area contributed by atoms with Crippen molar-refractivity contribution in [2.24, 2.45) is 9.98 Å². The Labute approximate surface area is 162 Å². The second-order valence-corrected chi connectivity index (χ2v) is 7.65. The zero-order chi connectivity index (χ0) is 20.1. The fourth-order valence-electron chi connectivity index (χ4n) is 1.99. The minimum atomic E-state index is -4.02. The molecule has 0 saturated carbocycles. The second kappa shape index (κ2) is 12.1. The fraction of sp³-hybridized carbons (Fsp3) is 0.350. The normalized spacial score (nSPS) is 10.6. The first kappa shape index (κ1) is 22.7. The molecule has 0 bridgehead atoms. The summed E-state index contributed by atoms with van der Waals surface area (Å²) in [7, 11) is 0.106. The Bertz CT molecular complexity index is 827. The lowest BCUT2D eigenvalue weighted by Gasteiger charge is -2.05. The van der Waals surface area contributed by atoms with Crippen LogP contribution in [-0.4, -0.2) is 51.1 Å². The number of benzene rings is 2. The molecule has 2 rings (SSSR count). The summed E-state index contributed by atoms with van der Waals surface area (Å²) in [6, 6.07) is 18.9. The predicted molar refractivity (Wildman–Crippen MR) is 109 cm³/mol. The Morgan fingerprint density at radius 3 is 2.19 bits per heavy atom. The summed E-state index contributed by atoms with van der Waals surface area (Å²) in [4.78, 5) is 10.3. The summed E-state index contributed by atoms with van der Waals surface area (Å²) in [6.07, 6.45) is 1.06. The van der Waals surface area contributed by atoms with E-state index in [1.807, 2.05) is 25.1 Å². The van der Waals surface area contributed by atoms with E-state index in [9.17, 15) is 8.42 Å². The molecule has 2 aromatic carbocycles. The van der Waals surface area contributed by atoms with Crippen molar-refractivity contribution in [3.05, 3.63) is 65.7 Å². The van der Waals surface area contributed by atoms with Gasteiger partial charge in [0.1, 0.15) is 0 Å². The molecule has 0 aromatic heterocycles. The monoisotopic (exact) mass is 389 g/mol. The van der Waals surface area contributed by atoms with Crippen molar-refractivity contribution in [2.45, 2.75) is 24.8 Å². The van der Waals surface area contributed by atoms with Gasteiger partial charge in [-0.3, -0.25) is 4.55 Å². The molecule has 27 heavy (non-hydrogen) atoms. The Kier molecular flexibility index (Phi) is 10.2. The van der Waals surface area contributed by atoms with Crippen molar-refractivity contribution in [1.82, 2.24) is 4.90 Å². The number of hydrogen-bond acceptors (Lipinski definition) is 5. The lowest BCUT2D eigenvalue weighted by Crippen LogP contribution is -2.13. The molecule has 0 amide bonds. The van der Waals surface area contributed by atoms with Crippen LogP contribution in [0.25, 0.3) is 0 Å². The van der Waals surface area contributed by atoms with Gasteiger partial charge in [0.25, 0.3) is 10.1 Å². The van der Waals surface area contributed by atoms with Gasteiger partial charge >= 0.3 is 0 Å². The van der Waals surface area contributed by atoms with Crippen LogP contribution in [-0.2, 0) is 16.7 Å². The van der Waals surface area contributed by atoms with Crippen LogP contribution in [0.3, 0.4) is 0 Å². The number of aliphatic imine (C=N–C) groups is 2. The molecule has 0 fully saturated rings. The molecule has 0 aliphatic heterocycles. The summed E-state index contributed by atoms with van der Waals surface area (Å²) < 4.78 is 29.6. The number of nitrogens with zero attached hydrogens (tertiary/aromatic N) is 3. The maximum atomic E-state index is 10.5. The minimum absolute atomic E-state index is 0.0666. The Hall–Kier alpha value is -2.31. The highest BCUT2D eigenvalue weighted by molar-refractivity contribution is 7.85. The largest absolute Gasteiger partial charge is 0.309 e. The van der Waals surface area contributed by atoms with Gasteiger partial charge < -0.3 is 4.90 Å². The number of hydrogen-bond donors (Lipinski definition) is 1. The third kappa shape index (κ3) is 11.1. The van der Waals surface area contributed by atoms with E-state index < -0.39 is 10.1 Å². The lowest BCUT2D eigenvalue weighted by atomic mass is 10.2. The summed E-state index contributed by atoms with van der Waals surface area (Å²) in [6.45, 7) is 4.37. The minimum Gasteiger partial charge on any atom is -0.309 e. The van der Waals surface area contributed by atoms with E-state index in [0.717, 1.165) is 25.1 Å². The topological polar surface area (TPSA) is 82.3 Å². The van der Waals surface area contributed by atoms with Crippen LogP contribution < -0.4 is 0 Å². The van der Waals surface area contributed by atoms with Crippen LogP contribution in [0.2, 0.25) is 0 Å². The van der Waals surface area contributed by atoms with Crippen molar-refractivity contribution in [3.8, 4) is 0 Å². The highest BCUT2D eigenvalue weighted by atomic mass is 32.2. The third-order valence-corrected chi connectivity index (χ3v) is 4.31. The van der Waals surface area contributed by atoms with Gasteiger partial charge in [0.15, 0.2) is 0 Å². The third-order valence-electron chi connectivity index (χ3n) is 3.44. The summed E-state index contributed by atoms with van der Waals surface area (Å²) in [5, 5.41) is 0. The van der Waals surface area contributed by atoms with Gasteiger partial charge in [-0.05, 0) is 51.7 Å². The zero-order valence-corrected chi connectivity index (χ0v) is 16.9. The van der Waals surface area contributed by atoms with Crippen molar-refractivity contribution in [1.29, 1.82) is 0 Å². The predicted octanol–water partition coefficient (Wildman–Crippen LogP) is 3.55. The highest BCUT2D eigenvalue weighted by Gasteiger charge is 2.06. The second-order valence-electron chi connectivity index (χ2n) is 6.23. The number of rotatable bonds is 7. The Morgan fingerprint density at radius 2 is 1.63 bits per heavy atom. The lowest BCUT2D eigenvalue weighted by molar-refractivity contribution is 0.403. The molecule has 0 heterocycles. The first-order valence-corrected chi connectivity index (χ1v) is 10.0. The molecule has 0 saturated heterocycles. The molecule has 0 unspecified atom stereocenters. The molecule has 0 aliphatic carbocycles. The van der Waals surface area contributed by atoms with Crippen LogP contribution in [0, 0.1) is 6.92 Å². The van der Waals surface area contributed by atoms with Gasteiger partial charge in [0.05, 0.1) is 24.0 Å². The van der Waals surface area contributed by atoms with E-state index in [2.05, 4.69) is 47.1 Å². The molecule has 0 aliphatic rings. The van der Waals surface area contributed by atoms with E-state index in [0.29, 0.717) is 6.54 Å². The molecule has 0 atom stereocenters.